The van der Waals surface area contributed by atoms with E-state index in [1.165, 1.54) is 12.7 Å². The van der Waals surface area contributed by atoms with E-state index in [0.29, 0.717) is 28.5 Å². The minimum absolute atomic E-state index is 0.00354. The molecule has 2 atom stereocenters. The number of methoxy groups -OCH3 is 1. The number of nitrogens with zero attached hydrogens (tertiary/aromatic N) is 2. The van der Waals surface area contributed by atoms with Crippen molar-refractivity contribution in [2.24, 2.45) is 5.92 Å². The maximum atomic E-state index is 12.7. The molecule has 0 spiro atoms. The quantitative estimate of drug-likeness (QED) is 0.627. The molecule has 30 heavy (non-hydrogen) atoms. The summed E-state index contributed by atoms with van der Waals surface area (Å²) in [6.45, 7) is 1.75. The SMILES string of the molecule is COc1c(CC(=O)O)c(C)nn1-c1cccc(NC(=O)[C@H]2C[C@@H]2c2ccccc2)c1. The van der Waals surface area contributed by atoms with E-state index in [0.717, 1.165) is 6.42 Å². The van der Waals surface area contributed by atoms with Crippen molar-refractivity contribution in [1.29, 1.82) is 0 Å². The van der Waals surface area contributed by atoms with E-state index in [4.69, 9.17) is 9.84 Å². The van der Waals surface area contributed by atoms with Crippen LogP contribution in [-0.4, -0.2) is 33.9 Å². The molecule has 0 radical (unpaired) electrons. The summed E-state index contributed by atoms with van der Waals surface area (Å²) in [6.07, 6.45) is 0.675. The van der Waals surface area contributed by atoms with Gasteiger partial charge in [0.2, 0.25) is 11.8 Å². The van der Waals surface area contributed by atoms with Crippen LogP contribution in [0.5, 0.6) is 5.88 Å². The molecule has 1 saturated carbocycles. The van der Waals surface area contributed by atoms with Crippen molar-refractivity contribution in [3.63, 3.8) is 0 Å². The number of aryl methyl sites for hydroxylation is 1. The Balaban J connectivity index is 1.53. The van der Waals surface area contributed by atoms with Crippen molar-refractivity contribution in [2.75, 3.05) is 12.4 Å². The molecule has 1 fully saturated rings. The topological polar surface area (TPSA) is 93.4 Å². The first-order valence-electron chi connectivity index (χ1n) is 9.78. The van der Waals surface area contributed by atoms with Gasteiger partial charge in [-0.15, -0.1) is 0 Å². The smallest absolute Gasteiger partial charge is 0.308 e. The van der Waals surface area contributed by atoms with E-state index in [9.17, 15) is 9.59 Å². The van der Waals surface area contributed by atoms with Gasteiger partial charge in [0.1, 0.15) is 0 Å². The van der Waals surface area contributed by atoms with Gasteiger partial charge in [0, 0.05) is 17.2 Å². The first kappa shape index (κ1) is 19.7. The summed E-state index contributed by atoms with van der Waals surface area (Å²) < 4.78 is 7.00. The molecule has 0 bridgehead atoms. The van der Waals surface area contributed by atoms with Gasteiger partial charge in [-0.05, 0) is 43.0 Å². The third-order valence-electron chi connectivity index (χ3n) is 5.37. The van der Waals surface area contributed by atoms with E-state index < -0.39 is 5.97 Å². The number of anilines is 1. The molecule has 1 aliphatic rings. The van der Waals surface area contributed by atoms with E-state index >= 15 is 0 Å². The van der Waals surface area contributed by atoms with Crippen LogP contribution in [0.1, 0.15) is 29.2 Å². The first-order chi connectivity index (χ1) is 14.5. The summed E-state index contributed by atoms with van der Waals surface area (Å²) in [6, 6.07) is 17.3. The molecular weight excluding hydrogens is 382 g/mol. The summed E-state index contributed by atoms with van der Waals surface area (Å²) in [4.78, 5) is 23.9. The maximum Gasteiger partial charge on any atom is 0.308 e. The Morgan fingerprint density at radius 3 is 2.67 bits per heavy atom. The zero-order valence-corrected chi connectivity index (χ0v) is 16.8. The van der Waals surface area contributed by atoms with Crippen LogP contribution in [0.2, 0.25) is 0 Å². The van der Waals surface area contributed by atoms with Crippen molar-refractivity contribution in [3.8, 4) is 11.6 Å². The standard InChI is InChI=1S/C23H23N3O4/c1-14-18(13-21(27)28)23(30-2)26(25-14)17-10-6-9-16(11-17)24-22(29)20-12-19(20)15-7-4-3-5-8-15/h3-11,19-20H,12-13H2,1-2H3,(H,24,29)(H,27,28)/t19-,20+/m1/s1. The lowest BCUT2D eigenvalue weighted by Crippen LogP contribution is -2.15. The van der Waals surface area contributed by atoms with Gasteiger partial charge in [0.25, 0.3) is 0 Å². The molecule has 3 aromatic rings. The molecule has 1 heterocycles. The fraction of sp³-hybridized carbons (Fsp3) is 0.261. The minimum Gasteiger partial charge on any atom is -0.481 e. The number of carbonyl (C=O) groups is 2. The van der Waals surface area contributed by atoms with E-state index in [1.54, 1.807) is 17.7 Å². The average Bonchev–Trinajstić information content (AvgIpc) is 3.48. The van der Waals surface area contributed by atoms with Crippen molar-refractivity contribution >= 4 is 17.6 Å². The van der Waals surface area contributed by atoms with Crippen LogP contribution in [0.15, 0.2) is 54.6 Å². The van der Waals surface area contributed by atoms with Crippen LogP contribution in [0.25, 0.3) is 5.69 Å². The number of carboxylic acids is 1. The van der Waals surface area contributed by atoms with Crippen molar-refractivity contribution in [3.05, 3.63) is 71.4 Å². The van der Waals surface area contributed by atoms with Gasteiger partial charge in [-0.1, -0.05) is 36.4 Å². The molecule has 0 saturated heterocycles. The molecule has 1 aromatic heterocycles. The molecule has 1 aliphatic carbocycles. The van der Waals surface area contributed by atoms with Crippen molar-refractivity contribution in [2.45, 2.75) is 25.7 Å². The van der Waals surface area contributed by atoms with E-state index in [1.807, 2.05) is 36.4 Å². The highest BCUT2D eigenvalue weighted by Gasteiger charge is 2.43. The Hall–Kier alpha value is -3.61. The summed E-state index contributed by atoms with van der Waals surface area (Å²) >= 11 is 0. The molecule has 7 nitrogen and oxygen atoms in total. The van der Waals surface area contributed by atoms with Crippen LogP contribution in [-0.2, 0) is 16.0 Å². The Labute approximate surface area is 174 Å². The monoisotopic (exact) mass is 405 g/mol. The number of benzene rings is 2. The highest BCUT2D eigenvalue weighted by molar-refractivity contribution is 5.95. The predicted octanol–water partition coefficient (Wildman–Crippen LogP) is 3.56. The van der Waals surface area contributed by atoms with Gasteiger partial charge in [-0.25, -0.2) is 4.68 Å². The highest BCUT2D eigenvalue weighted by atomic mass is 16.5. The molecule has 7 heteroatoms. The lowest BCUT2D eigenvalue weighted by Gasteiger charge is -2.10. The largest absolute Gasteiger partial charge is 0.481 e. The van der Waals surface area contributed by atoms with E-state index in [-0.39, 0.29) is 24.2 Å². The van der Waals surface area contributed by atoms with Crippen LogP contribution in [0, 0.1) is 12.8 Å². The lowest BCUT2D eigenvalue weighted by atomic mass is 10.1. The summed E-state index contributed by atoms with van der Waals surface area (Å²) in [5.74, 6) is -0.336. The zero-order valence-electron chi connectivity index (χ0n) is 16.8. The molecule has 0 aliphatic heterocycles. The van der Waals surface area contributed by atoms with Gasteiger partial charge < -0.3 is 15.2 Å². The number of hydrogen-bond acceptors (Lipinski definition) is 4. The molecule has 0 unspecified atom stereocenters. The number of ether oxygens (including phenoxy) is 1. The predicted molar refractivity (Wildman–Crippen MR) is 112 cm³/mol. The third-order valence-corrected chi connectivity index (χ3v) is 5.37. The number of aromatic nitrogens is 2. The number of hydrogen-bond donors (Lipinski definition) is 2. The normalized spacial score (nSPS) is 17.4. The van der Waals surface area contributed by atoms with Crippen LogP contribution in [0.4, 0.5) is 5.69 Å². The summed E-state index contributed by atoms with van der Waals surface area (Å²) in [7, 11) is 1.49. The Morgan fingerprint density at radius 1 is 1.20 bits per heavy atom. The second-order valence-corrected chi connectivity index (χ2v) is 7.45. The van der Waals surface area contributed by atoms with Gasteiger partial charge in [-0.2, -0.15) is 5.10 Å². The van der Waals surface area contributed by atoms with Gasteiger partial charge in [0.15, 0.2) is 0 Å². The maximum absolute atomic E-state index is 12.7. The number of rotatable bonds is 7. The number of nitrogens with one attached hydrogen (secondary N) is 1. The van der Waals surface area contributed by atoms with Gasteiger partial charge in [0.05, 0.1) is 24.9 Å². The van der Waals surface area contributed by atoms with Crippen LogP contribution in [0.3, 0.4) is 0 Å². The summed E-state index contributed by atoms with van der Waals surface area (Å²) in [5, 5.41) is 16.6. The molecule has 2 aromatic carbocycles. The first-order valence-corrected chi connectivity index (χ1v) is 9.78. The number of amides is 1. The number of aliphatic carboxylic acids is 1. The number of carboxylic acid groups (broad SMARTS) is 1. The second-order valence-electron chi connectivity index (χ2n) is 7.45. The van der Waals surface area contributed by atoms with Crippen LogP contribution >= 0.6 is 0 Å². The molecule has 1 amide bonds. The Kier molecular flexibility index (Phi) is 5.27. The number of carbonyl (C=O) groups excluding carboxylic acids is 1. The van der Waals surface area contributed by atoms with Gasteiger partial charge in [-0.3, -0.25) is 9.59 Å². The van der Waals surface area contributed by atoms with E-state index in [2.05, 4.69) is 22.5 Å². The van der Waals surface area contributed by atoms with Crippen molar-refractivity contribution in [1.82, 2.24) is 9.78 Å². The van der Waals surface area contributed by atoms with Crippen LogP contribution < -0.4 is 10.1 Å². The lowest BCUT2D eigenvalue weighted by molar-refractivity contribution is -0.136. The van der Waals surface area contributed by atoms with Crippen molar-refractivity contribution < 1.29 is 19.4 Å². The fourth-order valence-electron chi connectivity index (χ4n) is 3.78. The Bertz CT molecular complexity index is 1090. The minimum atomic E-state index is -0.950. The molecule has 4 rings (SSSR count). The average molecular weight is 405 g/mol. The van der Waals surface area contributed by atoms with Gasteiger partial charge >= 0.3 is 5.97 Å². The third kappa shape index (κ3) is 3.91. The highest BCUT2D eigenvalue weighted by Crippen LogP contribution is 2.47. The fourth-order valence-corrected chi connectivity index (χ4v) is 3.78. The zero-order chi connectivity index (χ0) is 21.3. The summed E-state index contributed by atoms with van der Waals surface area (Å²) in [5.41, 5.74) is 3.65. The Morgan fingerprint density at radius 2 is 1.97 bits per heavy atom. The second kappa shape index (κ2) is 8.02. The molecular formula is C23H23N3O4. The molecule has 154 valence electrons. The molecule has 2 N–H and O–H groups in total.